The van der Waals surface area contributed by atoms with Crippen molar-refractivity contribution in [3.8, 4) is 0 Å². The first kappa shape index (κ1) is 15.8. The SMILES string of the molecule is CC(C)CN(CCN(C)C)Cc1nc2ccc(N)cc2o1. The Morgan fingerprint density at radius 3 is 2.67 bits per heavy atom. The lowest BCUT2D eigenvalue weighted by Gasteiger charge is -2.24. The third-order valence-electron chi connectivity index (χ3n) is 3.30. The molecule has 0 radical (unpaired) electrons. The molecule has 0 fully saturated rings. The standard InChI is InChI=1S/C16H26N4O/c1-12(2)10-20(8-7-19(3)4)11-16-18-14-6-5-13(17)9-15(14)21-16/h5-6,9,12H,7-8,10-11,17H2,1-4H3. The fourth-order valence-electron chi connectivity index (χ4n) is 2.34. The zero-order chi connectivity index (χ0) is 15.4. The Kier molecular flexibility index (Phi) is 5.20. The van der Waals surface area contributed by atoms with Crippen LogP contribution in [0.1, 0.15) is 19.7 Å². The first-order valence-corrected chi connectivity index (χ1v) is 7.46. The average Bonchev–Trinajstić information content (AvgIpc) is 2.76. The van der Waals surface area contributed by atoms with Gasteiger partial charge in [0.25, 0.3) is 0 Å². The molecule has 2 rings (SSSR count). The highest BCUT2D eigenvalue weighted by molar-refractivity contribution is 5.76. The van der Waals surface area contributed by atoms with Crippen molar-refractivity contribution in [1.82, 2.24) is 14.8 Å². The summed E-state index contributed by atoms with van der Waals surface area (Å²) in [6, 6.07) is 5.59. The van der Waals surface area contributed by atoms with E-state index in [1.807, 2.05) is 18.2 Å². The van der Waals surface area contributed by atoms with Gasteiger partial charge in [0, 0.05) is 31.4 Å². The predicted molar refractivity (Wildman–Crippen MR) is 87.1 cm³/mol. The number of fused-ring (bicyclic) bond motifs is 1. The largest absolute Gasteiger partial charge is 0.439 e. The van der Waals surface area contributed by atoms with E-state index in [0.29, 0.717) is 11.6 Å². The number of benzene rings is 1. The van der Waals surface area contributed by atoms with Crippen molar-refractivity contribution >= 4 is 16.8 Å². The quantitative estimate of drug-likeness (QED) is 0.794. The molecule has 2 N–H and O–H groups in total. The monoisotopic (exact) mass is 290 g/mol. The minimum Gasteiger partial charge on any atom is -0.439 e. The number of nitrogens with zero attached hydrogens (tertiary/aromatic N) is 3. The van der Waals surface area contributed by atoms with E-state index < -0.39 is 0 Å². The molecule has 0 bridgehead atoms. The third-order valence-corrected chi connectivity index (χ3v) is 3.30. The number of aromatic nitrogens is 1. The van der Waals surface area contributed by atoms with Crippen LogP contribution in [0.4, 0.5) is 5.69 Å². The molecule has 0 aliphatic carbocycles. The number of likely N-dealkylation sites (N-methyl/N-ethyl adjacent to an activating group) is 1. The Bertz CT molecular complexity index is 577. The second-order valence-electron chi connectivity index (χ2n) is 6.27. The molecule has 0 aliphatic heterocycles. The maximum absolute atomic E-state index is 5.82. The Balaban J connectivity index is 2.09. The highest BCUT2D eigenvalue weighted by Crippen LogP contribution is 2.19. The Labute approximate surface area is 126 Å². The van der Waals surface area contributed by atoms with Crippen LogP contribution in [0.15, 0.2) is 22.6 Å². The predicted octanol–water partition coefficient (Wildman–Crippen LogP) is 2.43. The maximum Gasteiger partial charge on any atom is 0.209 e. The molecule has 2 aromatic rings. The van der Waals surface area contributed by atoms with Crippen LogP contribution in [0.25, 0.3) is 11.1 Å². The molecule has 116 valence electrons. The van der Waals surface area contributed by atoms with E-state index in [2.05, 4.69) is 42.7 Å². The van der Waals surface area contributed by atoms with E-state index >= 15 is 0 Å². The van der Waals surface area contributed by atoms with Gasteiger partial charge in [-0.15, -0.1) is 0 Å². The fraction of sp³-hybridized carbons (Fsp3) is 0.562. The average molecular weight is 290 g/mol. The second kappa shape index (κ2) is 6.91. The van der Waals surface area contributed by atoms with Gasteiger partial charge in [0.15, 0.2) is 5.58 Å². The molecule has 0 saturated carbocycles. The topological polar surface area (TPSA) is 58.5 Å². The Morgan fingerprint density at radius 2 is 2.00 bits per heavy atom. The molecule has 0 unspecified atom stereocenters. The smallest absolute Gasteiger partial charge is 0.209 e. The van der Waals surface area contributed by atoms with Crippen molar-refractivity contribution in [2.24, 2.45) is 5.92 Å². The van der Waals surface area contributed by atoms with Crippen molar-refractivity contribution in [3.05, 3.63) is 24.1 Å². The van der Waals surface area contributed by atoms with Gasteiger partial charge in [0.2, 0.25) is 5.89 Å². The number of hydrogen-bond acceptors (Lipinski definition) is 5. The fourth-order valence-corrected chi connectivity index (χ4v) is 2.34. The van der Waals surface area contributed by atoms with Crippen LogP contribution in [0.3, 0.4) is 0 Å². The molecule has 5 nitrogen and oxygen atoms in total. The lowest BCUT2D eigenvalue weighted by molar-refractivity contribution is 0.196. The normalized spacial score (nSPS) is 12.1. The minimum absolute atomic E-state index is 0.618. The zero-order valence-corrected chi connectivity index (χ0v) is 13.5. The van der Waals surface area contributed by atoms with E-state index in [1.165, 1.54) is 0 Å². The van der Waals surface area contributed by atoms with Crippen LogP contribution in [0.2, 0.25) is 0 Å². The van der Waals surface area contributed by atoms with Crippen LogP contribution in [0, 0.1) is 5.92 Å². The van der Waals surface area contributed by atoms with Gasteiger partial charge in [0.1, 0.15) is 5.52 Å². The summed E-state index contributed by atoms with van der Waals surface area (Å²) in [6.07, 6.45) is 0. The van der Waals surface area contributed by atoms with Crippen molar-refractivity contribution in [3.63, 3.8) is 0 Å². The molecule has 0 amide bonds. The second-order valence-corrected chi connectivity index (χ2v) is 6.27. The van der Waals surface area contributed by atoms with E-state index in [9.17, 15) is 0 Å². The minimum atomic E-state index is 0.618. The van der Waals surface area contributed by atoms with Gasteiger partial charge in [-0.25, -0.2) is 4.98 Å². The Hall–Kier alpha value is -1.59. The van der Waals surface area contributed by atoms with Gasteiger partial charge < -0.3 is 15.1 Å². The molecule has 0 spiro atoms. The summed E-state index contributed by atoms with van der Waals surface area (Å²) in [5, 5.41) is 0. The summed E-state index contributed by atoms with van der Waals surface area (Å²) in [7, 11) is 4.19. The molecule has 1 aromatic carbocycles. The van der Waals surface area contributed by atoms with E-state index in [-0.39, 0.29) is 0 Å². The van der Waals surface area contributed by atoms with Gasteiger partial charge in [-0.05, 0) is 32.1 Å². The molecule has 21 heavy (non-hydrogen) atoms. The maximum atomic E-state index is 5.82. The third kappa shape index (κ3) is 4.72. The van der Waals surface area contributed by atoms with E-state index in [4.69, 9.17) is 10.2 Å². The molecule has 5 heteroatoms. The van der Waals surface area contributed by atoms with Gasteiger partial charge >= 0.3 is 0 Å². The number of nitrogens with two attached hydrogens (primary N) is 1. The first-order valence-electron chi connectivity index (χ1n) is 7.46. The number of hydrogen-bond donors (Lipinski definition) is 1. The lowest BCUT2D eigenvalue weighted by atomic mass is 10.2. The van der Waals surface area contributed by atoms with Gasteiger partial charge in [-0.2, -0.15) is 0 Å². The summed E-state index contributed by atoms with van der Waals surface area (Å²) in [6.45, 7) is 8.27. The van der Waals surface area contributed by atoms with Crippen molar-refractivity contribution in [2.75, 3.05) is 39.5 Å². The summed E-state index contributed by atoms with van der Waals surface area (Å²) < 4.78 is 5.82. The number of rotatable bonds is 7. The highest BCUT2D eigenvalue weighted by atomic mass is 16.3. The van der Waals surface area contributed by atoms with Crippen LogP contribution in [0.5, 0.6) is 0 Å². The van der Waals surface area contributed by atoms with Crippen LogP contribution in [-0.4, -0.2) is 48.5 Å². The number of oxazole rings is 1. The zero-order valence-electron chi connectivity index (χ0n) is 13.5. The molecular weight excluding hydrogens is 264 g/mol. The lowest BCUT2D eigenvalue weighted by Crippen LogP contribution is -2.34. The molecular formula is C16H26N4O. The summed E-state index contributed by atoms with van der Waals surface area (Å²) >= 11 is 0. The van der Waals surface area contributed by atoms with E-state index in [0.717, 1.165) is 43.2 Å². The Morgan fingerprint density at radius 1 is 1.24 bits per heavy atom. The van der Waals surface area contributed by atoms with Crippen LogP contribution < -0.4 is 5.73 Å². The summed E-state index contributed by atoms with van der Waals surface area (Å²) in [5.74, 6) is 1.38. The molecule has 0 saturated heterocycles. The van der Waals surface area contributed by atoms with Crippen LogP contribution >= 0.6 is 0 Å². The van der Waals surface area contributed by atoms with Crippen molar-refractivity contribution in [1.29, 1.82) is 0 Å². The summed E-state index contributed by atoms with van der Waals surface area (Å²) in [4.78, 5) is 9.13. The number of anilines is 1. The van der Waals surface area contributed by atoms with Gasteiger partial charge in [-0.1, -0.05) is 13.8 Å². The summed E-state index contributed by atoms with van der Waals surface area (Å²) in [5.41, 5.74) is 8.12. The number of nitrogen functional groups attached to an aromatic ring is 1. The van der Waals surface area contributed by atoms with Crippen molar-refractivity contribution < 1.29 is 4.42 Å². The first-order chi connectivity index (χ1) is 9.94. The molecule has 0 aliphatic rings. The molecule has 1 aromatic heterocycles. The van der Waals surface area contributed by atoms with Crippen molar-refractivity contribution in [2.45, 2.75) is 20.4 Å². The van der Waals surface area contributed by atoms with E-state index in [1.54, 1.807) is 0 Å². The van der Waals surface area contributed by atoms with Gasteiger partial charge in [-0.3, -0.25) is 4.90 Å². The van der Waals surface area contributed by atoms with Gasteiger partial charge in [0.05, 0.1) is 6.54 Å². The highest BCUT2D eigenvalue weighted by Gasteiger charge is 2.13. The molecule has 0 atom stereocenters. The molecule has 1 heterocycles. The van der Waals surface area contributed by atoms with Crippen LogP contribution in [-0.2, 0) is 6.54 Å².